The summed E-state index contributed by atoms with van der Waals surface area (Å²) in [5.74, 6) is 0. The lowest BCUT2D eigenvalue weighted by Crippen LogP contribution is -1.72. The Labute approximate surface area is 51.0 Å². The lowest BCUT2D eigenvalue weighted by molar-refractivity contribution is 0.199. The molecule has 0 N–H and O–H groups in total. The van der Waals surface area contributed by atoms with Gasteiger partial charge in [-0.25, -0.2) is 5.11 Å². The number of rotatable bonds is 4. The molecule has 0 rings (SSSR count). The van der Waals surface area contributed by atoms with Gasteiger partial charge < -0.3 is 0 Å². The molecule has 0 aliphatic carbocycles. The summed E-state index contributed by atoms with van der Waals surface area (Å²) in [7, 11) is 0. The van der Waals surface area contributed by atoms with Gasteiger partial charge >= 0.3 is 0 Å². The third-order valence-electron chi connectivity index (χ3n) is 0.907. The van der Waals surface area contributed by atoms with E-state index in [1.807, 2.05) is 6.08 Å². The van der Waals surface area contributed by atoms with Crippen molar-refractivity contribution in [1.82, 2.24) is 0 Å². The maximum absolute atomic E-state index is 9.84. The summed E-state index contributed by atoms with van der Waals surface area (Å²) >= 11 is 0. The molecule has 8 heavy (non-hydrogen) atoms. The highest BCUT2D eigenvalue weighted by Crippen LogP contribution is 1.89. The lowest BCUT2D eigenvalue weighted by atomic mass is 10.3. The highest BCUT2D eigenvalue weighted by Gasteiger charge is 1.74. The zero-order valence-electron chi connectivity index (χ0n) is 5.39. The lowest BCUT2D eigenvalue weighted by Gasteiger charge is -1.82. The second-order valence-electron chi connectivity index (χ2n) is 1.75. The van der Waals surface area contributed by atoms with Crippen LogP contribution in [0, 0.1) is 0 Å². The molecule has 0 amide bonds. The Morgan fingerprint density at radius 1 is 1.25 bits per heavy atom. The van der Waals surface area contributed by atoms with Crippen molar-refractivity contribution < 1.29 is 5.11 Å². The number of allylic oxidation sites excluding steroid dienone is 1. The predicted molar refractivity (Wildman–Crippen MR) is 34.2 cm³/mol. The van der Waals surface area contributed by atoms with Crippen molar-refractivity contribution in [2.75, 3.05) is 6.61 Å². The van der Waals surface area contributed by atoms with Gasteiger partial charge in [0.05, 0.1) is 6.61 Å². The van der Waals surface area contributed by atoms with Crippen molar-refractivity contribution in [3.05, 3.63) is 12.2 Å². The van der Waals surface area contributed by atoms with Gasteiger partial charge in [0.25, 0.3) is 0 Å². The monoisotopic (exact) mass is 113 g/mol. The van der Waals surface area contributed by atoms with E-state index in [0.717, 1.165) is 6.42 Å². The summed E-state index contributed by atoms with van der Waals surface area (Å²) in [6, 6.07) is 0. The molecule has 0 aromatic rings. The van der Waals surface area contributed by atoms with E-state index in [4.69, 9.17) is 0 Å². The van der Waals surface area contributed by atoms with E-state index >= 15 is 0 Å². The quantitative estimate of drug-likeness (QED) is 0.498. The summed E-state index contributed by atoms with van der Waals surface area (Å²) in [6.07, 6.45) is 7.00. The molecule has 0 saturated heterocycles. The fourth-order valence-corrected chi connectivity index (χ4v) is 0.470. The van der Waals surface area contributed by atoms with Crippen molar-refractivity contribution in [3.8, 4) is 0 Å². The molecule has 0 atom stereocenters. The predicted octanol–water partition coefficient (Wildman–Crippen LogP) is 2.16. The summed E-state index contributed by atoms with van der Waals surface area (Å²) in [6.45, 7) is 2.15. The molecular formula is C7H13O. The van der Waals surface area contributed by atoms with E-state index < -0.39 is 0 Å². The summed E-state index contributed by atoms with van der Waals surface area (Å²) < 4.78 is 0. The third-order valence-corrected chi connectivity index (χ3v) is 0.907. The second-order valence-corrected chi connectivity index (χ2v) is 1.75. The normalized spacial score (nSPS) is 10.8. The minimum Gasteiger partial charge on any atom is -0.236 e. The molecule has 1 nitrogen and oxygen atoms in total. The second kappa shape index (κ2) is 6.70. The Kier molecular flexibility index (Phi) is 6.45. The molecule has 0 spiro atoms. The molecular weight excluding hydrogens is 100 g/mol. The first-order valence-electron chi connectivity index (χ1n) is 3.15. The van der Waals surface area contributed by atoms with Gasteiger partial charge in [-0.05, 0) is 12.8 Å². The summed E-state index contributed by atoms with van der Waals surface area (Å²) in [5, 5.41) is 9.84. The standard InChI is InChI=1S/C7H13O/c1-2-3-4-5-6-7-8/h4-5H,2-3,6-7H2,1H3. The van der Waals surface area contributed by atoms with Gasteiger partial charge in [-0.15, -0.1) is 0 Å². The van der Waals surface area contributed by atoms with Crippen LogP contribution in [0.4, 0.5) is 0 Å². The molecule has 0 aliphatic heterocycles. The average Bonchev–Trinajstić information content (AvgIpc) is 1.81. The van der Waals surface area contributed by atoms with E-state index in [1.54, 1.807) is 0 Å². The Balaban J connectivity index is 2.83. The number of hydrogen-bond donors (Lipinski definition) is 0. The molecule has 0 saturated carbocycles. The third kappa shape index (κ3) is 5.70. The van der Waals surface area contributed by atoms with Crippen molar-refractivity contribution >= 4 is 0 Å². The Morgan fingerprint density at radius 2 is 1.88 bits per heavy atom. The van der Waals surface area contributed by atoms with E-state index in [2.05, 4.69) is 13.0 Å². The minimum absolute atomic E-state index is 0.0280. The van der Waals surface area contributed by atoms with E-state index in [0.29, 0.717) is 6.42 Å². The minimum atomic E-state index is 0.0280. The van der Waals surface area contributed by atoms with Crippen LogP contribution in [-0.2, 0) is 5.11 Å². The highest BCUT2D eigenvalue weighted by molar-refractivity contribution is 4.80. The van der Waals surface area contributed by atoms with Crippen LogP contribution >= 0.6 is 0 Å². The Bertz CT molecular complexity index is 49.4. The Morgan fingerprint density at radius 3 is 2.38 bits per heavy atom. The smallest absolute Gasteiger partial charge is 0.0856 e. The van der Waals surface area contributed by atoms with Crippen LogP contribution in [0.2, 0.25) is 0 Å². The number of hydrogen-bond acceptors (Lipinski definition) is 0. The highest BCUT2D eigenvalue weighted by atomic mass is 16.2. The van der Waals surface area contributed by atoms with Crippen molar-refractivity contribution in [2.24, 2.45) is 0 Å². The first-order chi connectivity index (χ1) is 3.91. The molecule has 0 unspecified atom stereocenters. The fraction of sp³-hybridized carbons (Fsp3) is 0.714. The van der Waals surface area contributed by atoms with Crippen LogP contribution in [0.3, 0.4) is 0 Å². The molecule has 0 fully saturated rings. The average molecular weight is 113 g/mol. The molecule has 47 valence electrons. The van der Waals surface area contributed by atoms with Crippen molar-refractivity contribution in [3.63, 3.8) is 0 Å². The maximum atomic E-state index is 9.84. The molecule has 0 aromatic carbocycles. The van der Waals surface area contributed by atoms with Crippen LogP contribution in [0.1, 0.15) is 26.2 Å². The summed E-state index contributed by atoms with van der Waals surface area (Å²) in [5.41, 5.74) is 0. The molecule has 0 bridgehead atoms. The van der Waals surface area contributed by atoms with E-state index in [9.17, 15) is 5.11 Å². The van der Waals surface area contributed by atoms with Crippen LogP contribution in [0.15, 0.2) is 12.2 Å². The van der Waals surface area contributed by atoms with Crippen molar-refractivity contribution in [1.29, 1.82) is 0 Å². The molecule has 0 aliphatic rings. The molecule has 0 aromatic heterocycles. The van der Waals surface area contributed by atoms with Gasteiger partial charge in [0, 0.05) is 0 Å². The van der Waals surface area contributed by atoms with Gasteiger partial charge in [-0.3, -0.25) is 0 Å². The zero-order chi connectivity index (χ0) is 6.24. The van der Waals surface area contributed by atoms with Crippen molar-refractivity contribution in [2.45, 2.75) is 26.2 Å². The van der Waals surface area contributed by atoms with Gasteiger partial charge in [0.2, 0.25) is 0 Å². The van der Waals surface area contributed by atoms with Crippen LogP contribution in [0.5, 0.6) is 0 Å². The zero-order valence-corrected chi connectivity index (χ0v) is 5.39. The molecule has 1 radical (unpaired) electrons. The fourth-order valence-electron chi connectivity index (χ4n) is 0.470. The SMILES string of the molecule is CCCC=CCC[O]. The maximum Gasteiger partial charge on any atom is 0.0856 e. The first-order valence-corrected chi connectivity index (χ1v) is 3.15. The van der Waals surface area contributed by atoms with Crippen LogP contribution in [0.25, 0.3) is 0 Å². The van der Waals surface area contributed by atoms with Gasteiger partial charge in [0.15, 0.2) is 0 Å². The molecule has 1 heteroatoms. The van der Waals surface area contributed by atoms with Crippen LogP contribution < -0.4 is 0 Å². The topological polar surface area (TPSA) is 19.9 Å². The Hall–Kier alpha value is -0.300. The van der Waals surface area contributed by atoms with Gasteiger partial charge in [-0.1, -0.05) is 25.5 Å². The van der Waals surface area contributed by atoms with Gasteiger partial charge in [-0.2, -0.15) is 0 Å². The van der Waals surface area contributed by atoms with E-state index in [-0.39, 0.29) is 6.61 Å². The number of unbranched alkanes of at least 4 members (excludes halogenated alkanes) is 1. The largest absolute Gasteiger partial charge is 0.236 e. The first kappa shape index (κ1) is 7.70. The summed E-state index contributed by atoms with van der Waals surface area (Å²) in [4.78, 5) is 0. The van der Waals surface area contributed by atoms with Gasteiger partial charge in [0.1, 0.15) is 0 Å². The molecule has 0 heterocycles. The van der Waals surface area contributed by atoms with Crippen LogP contribution in [-0.4, -0.2) is 6.61 Å². The van der Waals surface area contributed by atoms with E-state index in [1.165, 1.54) is 6.42 Å².